The monoisotopic (exact) mass is 139 g/mol. The van der Waals surface area contributed by atoms with Crippen LogP contribution in [-0.4, -0.2) is 10.1 Å². The average molecular weight is 139 g/mol. The molecule has 0 radical (unpaired) electrons. The van der Waals surface area contributed by atoms with E-state index in [2.05, 4.69) is 4.98 Å². The largest absolute Gasteiger partial charge is 0.387 e. The molecule has 0 saturated carbocycles. The highest BCUT2D eigenvalue weighted by molar-refractivity contribution is 5.24. The molecule has 0 bridgehead atoms. The van der Waals surface area contributed by atoms with E-state index in [4.69, 9.17) is 0 Å². The van der Waals surface area contributed by atoms with Gasteiger partial charge in [0.05, 0.1) is 6.10 Å². The van der Waals surface area contributed by atoms with Crippen LogP contribution >= 0.6 is 0 Å². The Morgan fingerprint density at radius 3 is 2.30 bits per heavy atom. The summed E-state index contributed by atoms with van der Waals surface area (Å²) in [6, 6.07) is 2.03. The molecule has 0 fully saturated rings. The number of aliphatic hydroxyl groups is 1. The molecule has 0 aliphatic heterocycles. The van der Waals surface area contributed by atoms with Crippen LogP contribution in [0.5, 0.6) is 0 Å². The molecule has 10 heavy (non-hydrogen) atoms. The Bertz CT molecular complexity index is 225. The van der Waals surface area contributed by atoms with Crippen LogP contribution in [0.25, 0.3) is 0 Å². The summed E-state index contributed by atoms with van der Waals surface area (Å²) in [4.78, 5) is 3.09. The maximum absolute atomic E-state index is 9.19. The molecule has 1 atom stereocenters. The second-order valence-corrected chi connectivity index (χ2v) is 2.73. The number of aryl methyl sites for hydroxylation is 2. The van der Waals surface area contributed by atoms with Crippen LogP contribution in [0.1, 0.15) is 30.0 Å². The standard InChI is InChI=1S/C8H13NO/c1-5-4-6(2)9-8(5)7(3)10/h4,7,9-10H,1-3H3. The predicted molar refractivity (Wildman–Crippen MR) is 40.9 cm³/mol. The molecule has 56 valence electrons. The molecule has 0 aromatic carbocycles. The van der Waals surface area contributed by atoms with Gasteiger partial charge < -0.3 is 10.1 Å². The first-order chi connectivity index (χ1) is 4.61. The highest BCUT2D eigenvalue weighted by Crippen LogP contribution is 2.16. The summed E-state index contributed by atoms with van der Waals surface area (Å²) in [7, 11) is 0. The summed E-state index contributed by atoms with van der Waals surface area (Å²) in [5.74, 6) is 0. The van der Waals surface area contributed by atoms with E-state index in [9.17, 15) is 5.11 Å². The van der Waals surface area contributed by atoms with Gasteiger partial charge in [-0.05, 0) is 32.4 Å². The summed E-state index contributed by atoms with van der Waals surface area (Å²) in [6.45, 7) is 5.74. The van der Waals surface area contributed by atoms with Gasteiger partial charge in [-0.25, -0.2) is 0 Å². The van der Waals surface area contributed by atoms with E-state index < -0.39 is 0 Å². The number of hydrogen-bond acceptors (Lipinski definition) is 1. The normalized spacial score (nSPS) is 13.6. The maximum atomic E-state index is 9.19. The van der Waals surface area contributed by atoms with Gasteiger partial charge >= 0.3 is 0 Å². The van der Waals surface area contributed by atoms with E-state index in [-0.39, 0.29) is 6.10 Å². The Balaban J connectivity index is 3.03. The number of H-pyrrole nitrogens is 1. The summed E-state index contributed by atoms with van der Waals surface area (Å²) in [5.41, 5.74) is 3.17. The van der Waals surface area contributed by atoms with E-state index in [1.54, 1.807) is 6.92 Å². The molecule has 1 rings (SSSR count). The zero-order chi connectivity index (χ0) is 7.72. The molecule has 1 unspecified atom stereocenters. The van der Waals surface area contributed by atoms with Crippen molar-refractivity contribution in [3.05, 3.63) is 23.0 Å². The summed E-state index contributed by atoms with van der Waals surface area (Å²) < 4.78 is 0. The van der Waals surface area contributed by atoms with Gasteiger partial charge in [0.2, 0.25) is 0 Å². The van der Waals surface area contributed by atoms with Crippen LogP contribution in [0.3, 0.4) is 0 Å². The van der Waals surface area contributed by atoms with Crippen LogP contribution in [0.15, 0.2) is 6.07 Å². The van der Waals surface area contributed by atoms with Crippen LogP contribution < -0.4 is 0 Å². The molecule has 0 amide bonds. The zero-order valence-electron chi connectivity index (χ0n) is 6.60. The third kappa shape index (κ3) is 1.21. The van der Waals surface area contributed by atoms with Gasteiger partial charge in [0.15, 0.2) is 0 Å². The molecular formula is C8H13NO. The van der Waals surface area contributed by atoms with E-state index in [1.165, 1.54) is 0 Å². The summed E-state index contributed by atoms with van der Waals surface area (Å²) in [5, 5.41) is 9.19. The Morgan fingerprint density at radius 1 is 1.50 bits per heavy atom. The lowest BCUT2D eigenvalue weighted by Crippen LogP contribution is -1.92. The topological polar surface area (TPSA) is 36.0 Å². The SMILES string of the molecule is Cc1cc(C)c(C(C)O)[nH]1. The highest BCUT2D eigenvalue weighted by Gasteiger charge is 2.05. The summed E-state index contributed by atoms with van der Waals surface area (Å²) in [6.07, 6.45) is -0.381. The van der Waals surface area contributed by atoms with Crippen LogP contribution in [0.2, 0.25) is 0 Å². The fourth-order valence-corrected chi connectivity index (χ4v) is 1.18. The maximum Gasteiger partial charge on any atom is 0.0912 e. The van der Waals surface area contributed by atoms with Crippen molar-refractivity contribution in [2.24, 2.45) is 0 Å². The molecule has 0 aliphatic carbocycles. The lowest BCUT2D eigenvalue weighted by atomic mass is 10.2. The molecule has 0 spiro atoms. The number of aromatic amines is 1. The van der Waals surface area contributed by atoms with Crippen LogP contribution in [-0.2, 0) is 0 Å². The van der Waals surface area contributed by atoms with Crippen molar-refractivity contribution in [3.63, 3.8) is 0 Å². The second kappa shape index (κ2) is 2.46. The number of aliphatic hydroxyl groups excluding tert-OH is 1. The molecule has 0 saturated heterocycles. The third-order valence-electron chi connectivity index (χ3n) is 1.61. The number of aromatic nitrogens is 1. The number of rotatable bonds is 1. The fourth-order valence-electron chi connectivity index (χ4n) is 1.18. The highest BCUT2D eigenvalue weighted by atomic mass is 16.3. The van der Waals surface area contributed by atoms with E-state index >= 15 is 0 Å². The molecule has 1 heterocycles. The Hall–Kier alpha value is -0.760. The summed E-state index contributed by atoms with van der Waals surface area (Å²) >= 11 is 0. The van der Waals surface area contributed by atoms with Crippen molar-refractivity contribution in [3.8, 4) is 0 Å². The molecule has 0 aliphatic rings. The van der Waals surface area contributed by atoms with Gasteiger partial charge in [-0.3, -0.25) is 0 Å². The third-order valence-corrected chi connectivity index (χ3v) is 1.61. The molecule has 2 N–H and O–H groups in total. The Kier molecular flexibility index (Phi) is 1.81. The molecule has 1 aromatic rings. The van der Waals surface area contributed by atoms with E-state index in [0.717, 1.165) is 17.0 Å². The van der Waals surface area contributed by atoms with Crippen molar-refractivity contribution >= 4 is 0 Å². The van der Waals surface area contributed by atoms with Crippen molar-refractivity contribution in [1.82, 2.24) is 4.98 Å². The molecular weight excluding hydrogens is 126 g/mol. The quantitative estimate of drug-likeness (QED) is 0.610. The number of nitrogens with one attached hydrogen (secondary N) is 1. The molecule has 1 aromatic heterocycles. The minimum atomic E-state index is -0.381. The fraction of sp³-hybridized carbons (Fsp3) is 0.500. The van der Waals surface area contributed by atoms with E-state index in [0.29, 0.717) is 0 Å². The first-order valence-corrected chi connectivity index (χ1v) is 3.45. The minimum absolute atomic E-state index is 0.381. The lowest BCUT2D eigenvalue weighted by molar-refractivity contribution is 0.194. The van der Waals surface area contributed by atoms with E-state index in [1.807, 2.05) is 19.9 Å². The van der Waals surface area contributed by atoms with Gasteiger partial charge in [-0.2, -0.15) is 0 Å². The van der Waals surface area contributed by atoms with Crippen LogP contribution in [0, 0.1) is 13.8 Å². The van der Waals surface area contributed by atoms with Gasteiger partial charge in [0, 0.05) is 11.4 Å². The molecule has 2 heteroatoms. The zero-order valence-corrected chi connectivity index (χ0v) is 6.60. The lowest BCUT2D eigenvalue weighted by Gasteiger charge is -2.01. The van der Waals surface area contributed by atoms with Crippen molar-refractivity contribution < 1.29 is 5.11 Å². The van der Waals surface area contributed by atoms with Crippen molar-refractivity contribution in [2.75, 3.05) is 0 Å². The second-order valence-electron chi connectivity index (χ2n) is 2.73. The van der Waals surface area contributed by atoms with Gasteiger partial charge in [-0.1, -0.05) is 0 Å². The predicted octanol–water partition coefficient (Wildman–Crippen LogP) is 1.68. The minimum Gasteiger partial charge on any atom is -0.387 e. The first kappa shape index (κ1) is 7.35. The van der Waals surface area contributed by atoms with Gasteiger partial charge in [-0.15, -0.1) is 0 Å². The Morgan fingerprint density at radius 2 is 2.10 bits per heavy atom. The number of hydrogen-bond donors (Lipinski definition) is 2. The Labute approximate surface area is 60.9 Å². The van der Waals surface area contributed by atoms with Crippen LogP contribution in [0.4, 0.5) is 0 Å². The smallest absolute Gasteiger partial charge is 0.0912 e. The molecule has 2 nitrogen and oxygen atoms in total. The van der Waals surface area contributed by atoms with Gasteiger partial charge in [0.25, 0.3) is 0 Å². The van der Waals surface area contributed by atoms with Gasteiger partial charge in [0.1, 0.15) is 0 Å². The first-order valence-electron chi connectivity index (χ1n) is 3.45. The average Bonchev–Trinajstić information content (AvgIpc) is 2.10. The van der Waals surface area contributed by atoms with Crippen molar-refractivity contribution in [2.45, 2.75) is 26.9 Å². The van der Waals surface area contributed by atoms with Crippen molar-refractivity contribution in [1.29, 1.82) is 0 Å².